The zero-order chi connectivity index (χ0) is 28.1. The van der Waals surface area contributed by atoms with Crippen LogP contribution < -0.4 is 19.7 Å². The van der Waals surface area contributed by atoms with Crippen LogP contribution in [0.25, 0.3) is 6.08 Å². The van der Waals surface area contributed by atoms with Gasteiger partial charge in [0.05, 0.1) is 22.7 Å². The molecule has 1 heterocycles. The van der Waals surface area contributed by atoms with Crippen LogP contribution in [0, 0.1) is 10.1 Å². The number of rotatable bonds is 9. The molecule has 0 radical (unpaired) electrons. The van der Waals surface area contributed by atoms with Gasteiger partial charge in [0.1, 0.15) is 12.2 Å². The zero-order valence-electron chi connectivity index (χ0n) is 20.7. The number of non-ortho nitro benzene ring substituents is 1. The molecule has 0 unspecified atom stereocenters. The predicted octanol–water partition coefficient (Wildman–Crippen LogP) is 5.23. The van der Waals surface area contributed by atoms with E-state index in [-0.39, 0.29) is 28.6 Å². The smallest absolute Gasteiger partial charge is 0.335 e. The van der Waals surface area contributed by atoms with E-state index in [0.717, 1.165) is 4.90 Å². The number of amides is 4. The molecule has 0 aromatic heterocycles. The highest BCUT2D eigenvalue weighted by Gasteiger charge is 2.37. The summed E-state index contributed by atoms with van der Waals surface area (Å²) in [5, 5.41) is 13.2. The second kappa shape index (κ2) is 11.6. The number of benzene rings is 3. The van der Waals surface area contributed by atoms with E-state index in [1.165, 1.54) is 37.5 Å². The van der Waals surface area contributed by atoms with Crippen molar-refractivity contribution >= 4 is 46.9 Å². The Morgan fingerprint density at radius 2 is 1.82 bits per heavy atom. The third-order valence-corrected chi connectivity index (χ3v) is 6.09. The molecule has 1 saturated heterocycles. The number of methoxy groups -OCH3 is 1. The van der Waals surface area contributed by atoms with Crippen LogP contribution in [0.2, 0.25) is 5.02 Å². The number of halogens is 1. The maximum Gasteiger partial charge on any atom is 0.335 e. The minimum Gasteiger partial charge on any atom is -0.493 e. The van der Waals surface area contributed by atoms with Crippen molar-refractivity contribution in [2.75, 3.05) is 12.0 Å². The molecule has 3 aromatic rings. The lowest BCUT2D eigenvalue weighted by Gasteiger charge is -2.27. The summed E-state index contributed by atoms with van der Waals surface area (Å²) >= 11 is 6.19. The fraction of sp³-hybridized carbons (Fsp3) is 0.107. The van der Waals surface area contributed by atoms with Crippen molar-refractivity contribution in [3.8, 4) is 11.5 Å². The maximum absolute atomic E-state index is 13.3. The zero-order valence-corrected chi connectivity index (χ0v) is 21.4. The van der Waals surface area contributed by atoms with Crippen molar-refractivity contribution < 1.29 is 28.8 Å². The Hall–Kier alpha value is -4.96. The van der Waals surface area contributed by atoms with Crippen LogP contribution >= 0.6 is 11.6 Å². The average molecular weight is 548 g/mol. The lowest BCUT2D eigenvalue weighted by Crippen LogP contribution is -2.54. The number of urea groups is 1. The summed E-state index contributed by atoms with van der Waals surface area (Å²) in [4.78, 5) is 49.6. The summed E-state index contributed by atoms with van der Waals surface area (Å²) in [7, 11) is 1.44. The van der Waals surface area contributed by atoms with Crippen LogP contribution in [0.15, 0.2) is 78.9 Å². The van der Waals surface area contributed by atoms with E-state index in [0.29, 0.717) is 34.6 Å². The van der Waals surface area contributed by atoms with E-state index in [1.54, 1.807) is 42.5 Å². The van der Waals surface area contributed by atoms with Crippen LogP contribution in [0.1, 0.15) is 16.7 Å². The topological polar surface area (TPSA) is 128 Å². The van der Waals surface area contributed by atoms with Gasteiger partial charge in [-0.3, -0.25) is 25.0 Å². The normalized spacial score (nSPS) is 14.3. The average Bonchev–Trinajstić information content (AvgIpc) is 2.91. The number of nitro benzene ring substituents is 1. The number of ether oxygens (including phenoxy) is 2. The minimum absolute atomic E-state index is 0.0304. The molecule has 11 heteroatoms. The highest BCUT2D eigenvalue weighted by Crippen LogP contribution is 2.36. The standard InChI is InChI=1S/C28H22ClN3O7/c1-3-6-19-13-18(15-24(38-2)25(19)39-16-17-9-11-20(12-10-17)32(36)37)14-21-26(33)30-28(35)31(27(21)34)23-8-5-4-7-22(23)29/h3-5,7-15H,1,6,16H2,2H3,(H,30,33,35)/b21-14+. The largest absolute Gasteiger partial charge is 0.493 e. The van der Waals surface area contributed by atoms with Crippen molar-refractivity contribution in [3.63, 3.8) is 0 Å². The van der Waals surface area contributed by atoms with Crippen molar-refractivity contribution in [3.05, 3.63) is 111 Å². The van der Waals surface area contributed by atoms with Gasteiger partial charge >= 0.3 is 6.03 Å². The fourth-order valence-electron chi connectivity index (χ4n) is 3.93. The maximum atomic E-state index is 13.3. The number of para-hydroxylation sites is 1. The minimum atomic E-state index is -0.907. The Morgan fingerprint density at radius 1 is 1.10 bits per heavy atom. The molecular formula is C28H22ClN3O7. The number of nitrogens with one attached hydrogen (secondary N) is 1. The van der Waals surface area contributed by atoms with Gasteiger partial charge in [0.15, 0.2) is 11.5 Å². The van der Waals surface area contributed by atoms with Crippen LogP contribution in [-0.4, -0.2) is 29.9 Å². The molecule has 1 aliphatic rings. The summed E-state index contributed by atoms with van der Waals surface area (Å²) in [6.45, 7) is 3.88. The second-order valence-corrected chi connectivity index (χ2v) is 8.73. The molecule has 0 atom stereocenters. The fourth-order valence-corrected chi connectivity index (χ4v) is 4.16. The number of barbiturate groups is 1. The molecule has 3 aromatic carbocycles. The van der Waals surface area contributed by atoms with Gasteiger partial charge in [-0.05, 0) is 60.0 Å². The third kappa shape index (κ3) is 5.81. The van der Waals surface area contributed by atoms with Crippen LogP contribution in [0.4, 0.5) is 16.2 Å². The molecule has 198 valence electrons. The second-order valence-electron chi connectivity index (χ2n) is 8.33. The SMILES string of the molecule is C=CCc1cc(/C=C2\C(=O)NC(=O)N(c3ccccc3Cl)C2=O)cc(OC)c1OCc1ccc([N+](=O)[O-])cc1. The highest BCUT2D eigenvalue weighted by atomic mass is 35.5. The first-order valence-electron chi connectivity index (χ1n) is 11.6. The van der Waals surface area contributed by atoms with Crippen molar-refractivity contribution in [1.82, 2.24) is 5.32 Å². The highest BCUT2D eigenvalue weighted by molar-refractivity contribution is 6.42. The number of imide groups is 2. The number of nitrogens with zero attached hydrogens (tertiary/aromatic N) is 2. The number of carbonyl (C=O) groups is 3. The molecule has 1 aliphatic heterocycles. The molecule has 4 rings (SSSR count). The van der Waals surface area contributed by atoms with Crippen LogP contribution in [-0.2, 0) is 22.6 Å². The van der Waals surface area contributed by atoms with Gasteiger partial charge < -0.3 is 9.47 Å². The lowest BCUT2D eigenvalue weighted by molar-refractivity contribution is -0.384. The quantitative estimate of drug-likeness (QED) is 0.128. The first-order valence-corrected chi connectivity index (χ1v) is 11.9. The van der Waals surface area contributed by atoms with Gasteiger partial charge in [0.2, 0.25) is 0 Å². The summed E-state index contributed by atoms with van der Waals surface area (Å²) in [6, 6.07) is 14.6. The van der Waals surface area contributed by atoms with Gasteiger partial charge in [-0.15, -0.1) is 6.58 Å². The van der Waals surface area contributed by atoms with E-state index in [2.05, 4.69) is 11.9 Å². The number of nitro groups is 1. The Labute approximate surface area is 228 Å². The van der Waals surface area contributed by atoms with E-state index in [4.69, 9.17) is 21.1 Å². The molecule has 0 bridgehead atoms. The molecular weight excluding hydrogens is 526 g/mol. The van der Waals surface area contributed by atoms with Crippen molar-refractivity contribution in [2.45, 2.75) is 13.0 Å². The monoisotopic (exact) mass is 547 g/mol. The summed E-state index contributed by atoms with van der Waals surface area (Å²) in [5.41, 5.74) is 1.63. The summed E-state index contributed by atoms with van der Waals surface area (Å²) in [5.74, 6) is -0.952. The van der Waals surface area contributed by atoms with E-state index < -0.39 is 22.8 Å². The van der Waals surface area contributed by atoms with Gasteiger partial charge in [0.25, 0.3) is 17.5 Å². The van der Waals surface area contributed by atoms with E-state index in [1.807, 2.05) is 0 Å². The number of anilines is 1. The van der Waals surface area contributed by atoms with Gasteiger partial charge in [-0.2, -0.15) is 0 Å². The lowest BCUT2D eigenvalue weighted by atomic mass is 10.0. The van der Waals surface area contributed by atoms with Gasteiger partial charge in [-0.1, -0.05) is 29.8 Å². The predicted molar refractivity (Wildman–Crippen MR) is 145 cm³/mol. The van der Waals surface area contributed by atoms with E-state index in [9.17, 15) is 24.5 Å². The van der Waals surface area contributed by atoms with Crippen molar-refractivity contribution in [1.29, 1.82) is 0 Å². The molecule has 1 fully saturated rings. The number of hydrogen-bond acceptors (Lipinski definition) is 7. The number of allylic oxidation sites excluding steroid dienone is 1. The first kappa shape index (κ1) is 27.1. The first-order chi connectivity index (χ1) is 18.7. The van der Waals surface area contributed by atoms with Gasteiger partial charge in [0, 0.05) is 17.7 Å². The third-order valence-electron chi connectivity index (χ3n) is 5.77. The molecule has 10 nitrogen and oxygen atoms in total. The molecule has 0 aliphatic carbocycles. The van der Waals surface area contributed by atoms with Crippen molar-refractivity contribution in [2.24, 2.45) is 0 Å². The molecule has 0 spiro atoms. The van der Waals surface area contributed by atoms with Crippen LogP contribution in [0.3, 0.4) is 0 Å². The van der Waals surface area contributed by atoms with Gasteiger partial charge in [-0.25, -0.2) is 9.69 Å². The molecule has 4 amide bonds. The summed E-state index contributed by atoms with van der Waals surface area (Å²) in [6.07, 6.45) is 3.37. The molecule has 1 N–H and O–H groups in total. The van der Waals surface area contributed by atoms with Crippen LogP contribution in [0.5, 0.6) is 11.5 Å². The van der Waals surface area contributed by atoms with E-state index >= 15 is 0 Å². The Balaban J connectivity index is 1.68. The Bertz CT molecular complexity index is 1520. The molecule has 0 saturated carbocycles. The molecule has 39 heavy (non-hydrogen) atoms. The Kier molecular flexibility index (Phi) is 8.07. The number of carbonyl (C=O) groups excluding carboxylic acids is 3. The summed E-state index contributed by atoms with van der Waals surface area (Å²) < 4.78 is 11.5. The Morgan fingerprint density at radius 3 is 2.46 bits per heavy atom. The number of hydrogen-bond donors (Lipinski definition) is 1.